The fraction of sp³-hybridized carbons (Fsp3) is 0.438. The molecule has 94 valence electrons. The van der Waals surface area contributed by atoms with Crippen LogP contribution in [-0.2, 0) is 6.54 Å². The average molecular weight is 240 g/mol. The first-order valence-corrected chi connectivity index (χ1v) is 6.90. The van der Waals surface area contributed by atoms with Crippen LogP contribution in [0.4, 0.5) is 0 Å². The highest BCUT2D eigenvalue weighted by molar-refractivity contribution is 5.78. The summed E-state index contributed by atoms with van der Waals surface area (Å²) in [5.74, 6) is 0.887. The molecule has 2 heteroatoms. The third-order valence-corrected chi connectivity index (χ3v) is 4.13. The molecule has 1 aliphatic rings. The van der Waals surface area contributed by atoms with Gasteiger partial charge in [0.15, 0.2) is 0 Å². The Labute approximate surface area is 108 Å². The van der Waals surface area contributed by atoms with E-state index in [1.54, 1.807) is 0 Å². The molecule has 1 aromatic carbocycles. The first-order valence-electron chi connectivity index (χ1n) is 6.90. The van der Waals surface area contributed by atoms with Gasteiger partial charge in [0.2, 0.25) is 0 Å². The fourth-order valence-electron chi connectivity index (χ4n) is 2.60. The third kappa shape index (κ3) is 2.39. The van der Waals surface area contributed by atoms with Gasteiger partial charge in [0.25, 0.3) is 0 Å². The molecule has 1 saturated carbocycles. The molecule has 1 atom stereocenters. The number of nitrogens with zero attached hydrogens (tertiary/aromatic N) is 1. The maximum atomic E-state index is 4.50. The summed E-state index contributed by atoms with van der Waals surface area (Å²) in [7, 11) is 0. The highest BCUT2D eigenvalue weighted by atomic mass is 14.9. The number of rotatable bonds is 4. The van der Waals surface area contributed by atoms with Crippen molar-refractivity contribution in [1.82, 2.24) is 10.3 Å². The van der Waals surface area contributed by atoms with Gasteiger partial charge in [0.1, 0.15) is 0 Å². The number of fused-ring (bicyclic) bond motifs is 1. The Hall–Kier alpha value is -1.41. The van der Waals surface area contributed by atoms with Crippen molar-refractivity contribution in [3.63, 3.8) is 0 Å². The molecule has 1 aliphatic carbocycles. The van der Waals surface area contributed by atoms with Gasteiger partial charge in [-0.1, -0.05) is 24.6 Å². The molecule has 0 saturated heterocycles. The molecule has 0 radical (unpaired) electrons. The number of benzene rings is 1. The summed E-state index contributed by atoms with van der Waals surface area (Å²) in [6.45, 7) is 3.23. The molecule has 0 aliphatic heterocycles. The van der Waals surface area contributed by atoms with Crippen LogP contribution in [0, 0.1) is 5.92 Å². The Bertz CT molecular complexity index is 531. The van der Waals surface area contributed by atoms with Crippen LogP contribution in [0.5, 0.6) is 0 Å². The van der Waals surface area contributed by atoms with Crippen molar-refractivity contribution in [1.29, 1.82) is 0 Å². The lowest BCUT2D eigenvalue weighted by Crippen LogP contribution is -2.36. The Morgan fingerprint density at radius 1 is 1.33 bits per heavy atom. The van der Waals surface area contributed by atoms with Gasteiger partial charge in [-0.25, -0.2) is 0 Å². The van der Waals surface area contributed by atoms with Crippen LogP contribution in [0.1, 0.15) is 31.7 Å². The summed E-state index contributed by atoms with van der Waals surface area (Å²) >= 11 is 0. The SMILES string of the molecule is CC(NCc1cnc2ccccc2c1)C1CCC1. The number of hydrogen-bond donors (Lipinski definition) is 1. The van der Waals surface area contributed by atoms with Crippen molar-refractivity contribution in [2.24, 2.45) is 5.92 Å². The zero-order valence-electron chi connectivity index (χ0n) is 10.9. The topological polar surface area (TPSA) is 24.9 Å². The highest BCUT2D eigenvalue weighted by Crippen LogP contribution is 2.29. The predicted octanol–water partition coefficient (Wildman–Crippen LogP) is 3.51. The van der Waals surface area contributed by atoms with Gasteiger partial charge in [-0.15, -0.1) is 0 Å². The first-order chi connectivity index (χ1) is 8.83. The van der Waals surface area contributed by atoms with Crippen molar-refractivity contribution in [2.45, 2.75) is 38.8 Å². The van der Waals surface area contributed by atoms with Crippen molar-refractivity contribution in [3.05, 3.63) is 42.1 Å². The molecule has 1 N–H and O–H groups in total. The molecular weight excluding hydrogens is 220 g/mol. The van der Waals surface area contributed by atoms with E-state index >= 15 is 0 Å². The van der Waals surface area contributed by atoms with Crippen LogP contribution in [0.15, 0.2) is 36.5 Å². The van der Waals surface area contributed by atoms with E-state index in [9.17, 15) is 0 Å². The summed E-state index contributed by atoms with van der Waals surface area (Å²) in [4.78, 5) is 4.50. The van der Waals surface area contributed by atoms with Crippen LogP contribution in [0.25, 0.3) is 10.9 Å². The standard InChI is InChI=1S/C16H20N2/c1-12(14-6-4-7-14)17-10-13-9-15-5-2-3-8-16(15)18-11-13/h2-3,5,8-9,11-12,14,17H,4,6-7,10H2,1H3. The number of para-hydroxylation sites is 1. The van der Waals surface area contributed by atoms with Crippen LogP contribution in [0.3, 0.4) is 0 Å². The second kappa shape index (κ2) is 5.07. The van der Waals surface area contributed by atoms with Crippen LogP contribution >= 0.6 is 0 Å². The normalized spacial score (nSPS) is 17.6. The maximum Gasteiger partial charge on any atom is 0.0702 e. The molecule has 1 aromatic heterocycles. The maximum absolute atomic E-state index is 4.50. The first kappa shape index (κ1) is 11.7. The van der Waals surface area contributed by atoms with E-state index in [1.807, 2.05) is 12.3 Å². The minimum Gasteiger partial charge on any atom is -0.310 e. The molecule has 0 amide bonds. The van der Waals surface area contributed by atoms with E-state index in [2.05, 4.69) is 41.5 Å². The molecule has 1 unspecified atom stereocenters. The molecule has 1 heterocycles. The van der Waals surface area contributed by atoms with Gasteiger partial charge in [-0.2, -0.15) is 0 Å². The van der Waals surface area contributed by atoms with Gasteiger partial charge >= 0.3 is 0 Å². The third-order valence-electron chi connectivity index (χ3n) is 4.13. The second-order valence-electron chi connectivity index (χ2n) is 5.40. The zero-order valence-corrected chi connectivity index (χ0v) is 10.9. The van der Waals surface area contributed by atoms with Gasteiger partial charge in [-0.3, -0.25) is 4.98 Å². The fourth-order valence-corrected chi connectivity index (χ4v) is 2.60. The molecule has 2 nitrogen and oxygen atoms in total. The Balaban J connectivity index is 1.66. The van der Waals surface area contributed by atoms with E-state index in [0.717, 1.165) is 18.0 Å². The number of hydrogen-bond acceptors (Lipinski definition) is 2. The average Bonchev–Trinajstić information content (AvgIpc) is 2.34. The summed E-state index contributed by atoms with van der Waals surface area (Å²) in [6, 6.07) is 11.2. The summed E-state index contributed by atoms with van der Waals surface area (Å²) in [5.41, 5.74) is 2.35. The van der Waals surface area contributed by atoms with Gasteiger partial charge < -0.3 is 5.32 Å². The molecule has 18 heavy (non-hydrogen) atoms. The van der Waals surface area contributed by atoms with Crippen molar-refractivity contribution >= 4 is 10.9 Å². The second-order valence-corrected chi connectivity index (χ2v) is 5.40. The van der Waals surface area contributed by atoms with Gasteiger partial charge in [-0.05, 0) is 43.4 Å². The zero-order chi connectivity index (χ0) is 12.4. The quantitative estimate of drug-likeness (QED) is 0.884. The number of nitrogens with one attached hydrogen (secondary N) is 1. The van der Waals surface area contributed by atoms with Gasteiger partial charge in [0.05, 0.1) is 5.52 Å². The number of aromatic nitrogens is 1. The summed E-state index contributed by atoms with van der Waals surface area (Å²) in [5, 5.41) is 4.86. The molecule has 0 bridgehead atoms. The highest BCUT2D eigenvalue weighted by Gasteiger charge is 2.23. The minimum absolute atomic E-state index is 0.630. The van der Waals surface area contributed by atoms with Crippen LogP contribution in [0.2, 0.25) is 0 Å². The summed E-state index contributed by atoms with van der Waals surface area (Å²) < 4.78 is 0. The molecular formula is C16H20N2. The largest absolute Gasteiger partial charge is 0.310 e. The lowest BCUT2D eigenvalue weighted by Gasteiger charge is -2.32. The lowest BCUT2D eigenvalue weighted by atomic mass is 9.80. The minimum atomic E-state index is 0.630. The van der Waals surface area contributed by atoms with E-state index in [4.69, 9.17) is 0 Å². The molecule has 0 spiro atoms. The Kier molecular flexibility index (Phi) is 3.28. The summed E-state index contributed by atoms with van der Waals surface area (Å²) in [6.07, 6.45) is 6.19. The molecule has 3 rings (SSSR count). The molecule has 1 fully saturated rings. The lowest BCUT2D eigenvalue weighted by molar-refractivity contribution is 0.240. The number of pyridine rings is 1. The Morgan fingerprint density at radius 2 is 2.17 bits per heavy atom. The van der Waals surface area contributed by atoms with Crippen molar-refractivity contribution in [3.8, 4) is 0 Å². The van der Waals surface area contributed by atoms with Gasteiger partial charge in [0, 0.05) is 24.2 Å². The van der Waals surface area contributed by atoms with Crippen LogP contribution < -0.4 is 5.32 Å². The van der Waals surface area contributed by atoms with E-state index in [-0.39, 0.29) is 0 Å². The monoisotopic (exact) mass is 240 g/mol. The van der Waals surface area contributed by atoms with Crippen molar-refractivity contribution < 1.29 is 0 Å². The van der Waals surface area contributed by atoms with E-state index in [1.165, 1.54) is 30.2 Å². The van der Waals surface area contributed by atoms with Crippen molar-refractivity contribution in [2.75, 3.05) is 0 Å². The molecule has 2 aromatic rings. The van der Waals surface area contributed by atoms with E-state index < -0.39 is 0 Å². The van der Waals surface area contributed by atoms with E-state index in [0.29, 0.717) is 6.04 Å². The Morgan fingerprint density at radius 3 is 2.94 bits per heavy atom. The predicted molar refractivity (Wildman–Crippen MR) is 75.4 cm³/mol. The van der Waals surface area contributed by atoms with Crippen LogP contribution in [-0.4, -0.2) is 11.0 Å². The smallest absolute Gasteiger partial charge is 0.0702 e.